The van der Waals surface area contributed by atoms with Crippen molar-refractivity contribution in [1.82, 2.24) is 19.9 Å². The number of ether oxygens (including phenoxy) is 3. The van der Waals surface area contributed by atoms with Crippen LogP contribution < -0.4 is 25.3 Å². The van der Waals surface area contributed by atoms with Crippen LogP contribution in [0, 0.1) is 0 Å². The van der Waals surface area contributed by atoms with Crippen molar-refractivity contribution in [3.8, 4) is 22.9 Å². The van der Waals surface area contributed by atoms with E-state index in [9.17, 15) is 4.79 Å². The van der Waals surface area contributed by atoms with E-state index in [1.165, 1.54) is 0 Å². The Balaban J connectivity index is 1.49. The van der Waals surface area contributed by atoms with Crippen molar-refractivity contribution < 1.29 is 19.0 Å². The first-order valence-electron chi connectivity index (χ1n) is 13.3. The van der Waals surface area contributed by atoms with Gasteiger partial charge in [0.25, 0.3) is 5.91 Å². The second-order valence-electron chi connectivity index (χ2n) is 9.37. The molecular formula is C31H33N5O4. The molecule has 5 rings (SSSR count). The molecule has 0 unspecified atom stereocenters. The fourth-order valence-electron chi connectivity index (χ4n) is 4.64. The topological polar surface area (TPSA) is 114 Å². The Bertz CT molecular complexity index is 1660. The van der Waals surface area contributed by atoms with Gasteiger partial charge in [0.15, 0.2) is 17.1 Å². The second-order valence-corrected chi connectivity index (χ2v) is 9.37. The summed E-state index contributed by atoms with van der Waals surface area (Å²) in [5.74, 6) is 1.96. The maximum atomic E-state index is 13.6. The number of nitrogens with two attached hydrogens (primary N) is 1. The Kier molecular flexibility index (Phi) is 8.00. The first-order chi connectivity index (χ1) is 19.5. The van der Waals surface area contributed by atoms with Crippen molar-refractivity contribution >= 4 is 33.9 Å². The number of nitrogen functional groups attached to an aromatic ring is 1. The van der Waals surface area contributed by atoms with Gasteiger partial charge >= 0.3 is 0 Å². The Hall–Kier alpha value is -4.79. The zero-order chi connectivity index (χ0) is 28.1. The van der Waals surface area contributed by atoms with E-state index in [0.29, 0.717) is 53.3 Å². The van der Waals surface area contributed by atoms with Gasteiger partial charge in [-0.25, -0.2) is 9.97 Å². The van der Waals surface area contributed by atoms with Crippen molar-refractivity contribution in [2.24, 2.45) is 0 Å². The zero-order valence-corrected chi connectivity index (χ0v) is 22.9. The van der Waals surface area contributed by atoms with Crippen LogP contribution >= 0.6 is 0 Å². The molecular weight excluding hydrogens is 506 g/mol. The number of hydrogen-bond donors (Lipinski definition) is 2. The van der Waals surface area contributed by atoms with E-state index in [1.807, 2.05) is 66.7 Å². The molecule has 3 aromatic carbocycles. The van der Waals surface area contributed by atoms with E-state index in [4.69, 9.17) is 29.9 Å². The van der Waals surface area contributed by atoms with Gasteiger partial charge in [-0.15, -0.1) is 0 Å². The lowest BCUT2D eigenvalue weighted by atomic mass is 10.1. The Labute approximate surface area is 232 Å². The average molecular weight is 540 g/mol. The van der Waals surface area contributed by atoms with Crippen molar-refractivity contribution in [3.63, 3.8) is 0 Å². The summed E-state index contributed by atoms with van der Waals surface area (Å²) in [6.45, 7) is 3.14. The molecule has 0 fully saturated rings. The Morgan fingerprint density at radius 3 is 2.48 bits per heavy atom. The predicted octanol–water partition coefficient (Wildman–Crippen LogP) is 5.32. The summed E-state index contributed by atoms with van der Waals surface area (Å²) in [7, 11) is 3.19. The molecule has 5 aromatic rings. The van der Waals surface area contributed by atoms with Crippen LogP contribution in [0.5, 0.6) is 17.2 Å². The minimum Gasteiger partial charge on any atom is -0.494 e. The molecule has 9 heteroatoms. The highest BCUT2D eigenvalue weighted by atomic mass is 16.5. The minimum atomic E-state index is -0.318. The number of rotatable bonds is 11. The summed E-state index contributed by atoms with van der Waals surface area (Å²) in [4.78, 5) is 23.2. The molecule has 0 atom stereocenters. The summed E-state index contributed by atoms with van der Waals surface area (Å²) in [5, 5.41) is 3.01. The van der Waals surface area contributed by atoms with E-state index >= 15 is 0 Å². The SMILES string of the molecule is CCCCOc1cccc(-n2c(N)c(C(=O)NCCc3ccc(OC)c(OC)c3)c3nc4ccccc4nc32)c1. The Morgan fingerprint density at radius 1 is 0.950 bits per heavy atom. The molecule has 0 spiro atoms. The van der Waals surface area contributed by atoms with Gasteiger partial charge in [0, 0.05) is 12.6 Å². The molecule has 0 aliphatic heterocycles. The van der Waals surface area contributed by atoms with Crippen molar-refractivity contribution in [2.45, 2.75) is 26.2 Å². The van der Waals surface area contributed by atoms with Crippen LogP contribution in [0.15, 0.2) is 66.7 Å². The number of carbonyl (C=O) groups is 1. The molecule has 9 nitrogen and oxygen atoms in total. The van der Waals surface area contributed by atoms with Gasteiger partial charge in [-0.05, 0) is 54.8 Å². The lowest BCUT2D eigenvalue weighted by molar-refractivity contribution is 0.0956. The molecule has 0 saturated carbocycles. The number of nitrogens with one attached hydrogen (secondary N) is 1. The van der Waals surface area contributed by atoms with Crippen molar-refractivity contribution in [2.75, 3.05) is 33.1 Å². The standard InChI is InChI=1S/C31H33N5O4/c1-4-5-17-40-22-10-8-9-21(19-22)36-29(32)27(28-30(36)35-24-12-7-6-11-23(24)34-28)31(37)33-16-15-20-13-14-25(38-2)26(18-20)39-3/h6-14,18-19H,4-5,15-17,32H2,1-3H3,(H,33,37). The molecule has 2 aromatic heterocycles. The molecule has 0 saturated heterocycles. The van der Waals surface area contributed by atoms with Gasteiger partial charge in [-0.3, -0.25) is 9.36 Å². The van der Waals surface area contributed by atoms with E-state index in [1.54, 1.807) is 18.8 Å². The smallest absolute Gasteiger partial charge is 0.257 e. The van der Waals surface area contributed by atoms with E-state index in [-0.39, 0.29) is 17.3 Å². The average Bonchev–Trinajstić information content (AvgIpc) is 3.26. The van der Waals surface area contributed by atoms with Crippen LogP contribution in [0.25, 0.3) is 27.9 Å². The van der Waals surface area contributed by atoms with Crippen molar-refractivity contribution in [1.29, 1.82) is 0 Å². The summed E-state index contributed by atoms with van der Waals surface area (Å²) in [6.07, 6.45) is 2.60. The van der Waals surface area contributed by atoms with Gasteiger partial charge in [0.2, 0.25) is 0 Å². The molecule has 0 aliphatic carbocycles. The number of anilines is 1. The van der Waals surface area contributed by atoms with Gasteiger partial charge in [0.05, 0.1) is 37.5 Å². The normalized spacial score (nSPS) is 11.1. The fraction of sp³-hybridized carbons (Fsp3) is 0.258. The third-order valence-corrected chi connectivity index (χ3v) is 6.71. The number of nitrogens with zero attached hydrogens (tertiary/aromatic N) is 3. The Morgan fingerprint density at radius 2 is 1.73 bits per heavy atom. The lowest BCUT2D eigenvalue weighted by Gasteiger charge is -2.11. The van der Waals surface area contributed by atoms with E-state index in [0.717, 1.165) is 29.8 Å². The number of amides is 1. The van der Waals surface area contributed by atoms with Gasteiger partial charge in [-0.1, -0.05) is 37.6 Å². The van der Waals surface area contributed by atoms with Gasteiger partial charge < -0.3 is 25.3 Å². The summed E-state index contributed by atoms with van der Waals surface area (Å²) >= 11 is 0. The highest BCUT2D eigenvalue weighted by Gasteiger charge is 2.25. The van der Waals surface area contributed by atoms with Crippen molar-refractivity contribution in [3.05, 3.63) is 77.9 Å². The molecule has 0 bridgehead atoms. The minimum absolute atomic E-state index is 0.264. The first kappa shape index (κ1) is 26.8. The number of para-hydroxylation sites is 2. The van der Waals surface area contributed by atoms with Gasteiger partial charge in [0.1, 0.15) is 22.6 Å². The van der Waals surface area contributed by atoms with Crippen LogP contribution in [0.4, 0.5) is 5.82 Å². The number of carbonyl (C=O) groups excluding carboxylic acids is 1. The molecule has 1 amide bonds. The fourth-order valence-corrected chi connectivity index (χ4v) is 4.64. The maximum Gasteiger partial charge on any atom is 0.257 e. The zero-order valence-electron chi connectivity index (χ0n) is 22.9. The van der Waals surface area contributed by atoms with Crippen LogP contribution in [0.3, 0.4) is 0 Å². The summed E-state index contributed by atoms with van der Waals surface area (Å²) in [5.41, 5.74) is 11.1. The van der Waals surface area contributed by atoms with E-state index < -0.39 is 0 Å². The first-order valence-corrected chi connectivity index (χ1v) is 13.3. The maximum absolute atomic E-state index is 13.6. The van der Waals surface area contributed by atoms with Crippen LogP contribution in [-0.4, -0.2) is 47.8 Å². The van der Waals surface area contributed by atoms with Gasteiger partial charge in [-0.2, -0.15) is 0 Å². The number of aromatic nitrogens is 3. The summed E-state index contributed by atoms with van der Waals surface area (Å²) in [6, 6.07) is 20.9. The third kappa shape index (κ3) is 5.36. The van der Waals surface area contributed by atoms with Crippen LogP contribution in [0.2, 0.25) is 0 Å². The summed E-state index contributed by atoms with van der Waals surface area (Å²) < 4.78 is 18.4. The number of hydrogen-bond acceptors (Lipinski definition) is 7. The molecule has 0 radical (unpaired) electrons. The lowest BCUT2D eigenvalue weighted by Crippen LogP contribution is -2.26. The predicted molar refractivity (Wildman–Crippen MR) is 157 cm³/mol. The number of benzene rings is 3. The molecule has 2 heterocycles. The highest BCUT2D eigenvalue weighted by molar-refractivity contribution is 6.11. The number of unbranched alkanes of at least 4 members (excludes halogenated alkanes) is 1. The van der Waals surface area contributed by atoms with Crippen LogP contribution in [0.1, 0.15) is 35.7 Å². The molecule has 40 heavy (non-hydrogen) atoms. The highest BCUT2D eigenvalue weighted by Crippen LogP contribution is 2.32. The largest absolute Gasteiger partial charge is 0.494 e. The molecule has 3 N–H and O–H groups in total. The second kappa shape index (κ2) is 11.9. The third-order valence-electron chi connectivity index (χ3n) is 6.71. The van der Waals surface area contributed by atoms with E-state index in [2.05, 4.69) is 12.2 Å². The quantitative estimate of drug-likeness (QED) is 0.218. The molecule has 0 aliphatic rings. The molecule has 206 valence electrons. The monoisotopic (exact) mass is 539 g/mol. The van der Waals surface area contributed by atoms with Crippen LogP contribution in [-0.2, 0) is 6.42 Å². The number of fused-ring (bicyclic) bond motifs is 2. The number of methoxy groups -OCH3 is 2.